The first kappa shape index (κ1) is 23.4. The van der Waals surface area contributed by atoms with Gasteiger partial charge in [0.2, 0.25) is 11.8 Å². The molecule has 5 rings (SSSR count). The van der Waals surface area contributed by atoms with E-state index in [9.17, 15) is 9.59 Å². The Bertz CT molecular complexity index is 1270. The van der Waals surface area contributed by atoms with E-state index in [1.165, 1.54) is 16.2 Å². The molecule has 0 spiro atoms. The lowest BCUT2D eigenvalue weighted by Gasteiger charge is -2.37. The van der Waals surface area contributed by atoms with Gasteiger partial charge in [-0.1, -0.05) is 11.6 Å². The number of aryl methyl sites for hydroxylation is 1. The van der Waals surface area contributed by atoms with Crippen molar-refractivity contribution in [2.24, 2.45) is 0 Å². The second-order valence-corrected chi connectivity index (χ2v) is 11.2. The number of thiophene rings is 1. The summed E-state index contributed by atoms with van der Waals surface area (Å²) in [6, 6.07) is 5.88. The minimum absolute atomic E-state index is 0.0331. The van der Waals surface area contributed by atoms with E-state index in [0.717, 1.165) is 57.0 Å². The van der Waals surface area contributed by atoms with Crippen molar-refractivity contribution in [3.05, 3.63) is 45.6 Å². The number of fused-ring (bicyclic) bond motifs is 1. The summed E-state index contributed by atoms with van der Waals surface area (Å²) >= 11 is 8.01. The van der Waals surface area contributed by atoms with Crippen molar-refractivity contribution in [1.82, 2.24) is 20.2 Å². The molecule has 0 unspecified atom stereocenters. The predicted molar refractivity (Wildman–Crippen MR) is 133 cm³/mol. The second-order valence-electron chi connectivity index (χ2n) is 9.61. The number of imide groups is 1. The zero-order valence-corrected chi connectivity index (χ0v) is 21.1. The molecule has 2 fully saturated rings. The Balaban J connectivity index is 1.53. The molecule has 2 aliphatic rings. The van der Waals surface area contributed by atoms with E-state index in [0.29, 0.717) is 5.02 Å². The Morgan fingerprint density at radius 2 is 1.97 bits per heavy atom. The average Bonchev–Trinajstić information content (AvgIpc) is 3.32. The number of carbonyl (C=O) groups is 2. The normalized spacial score (nSPS) is 20.5. The number of hydrogen-bond acceptors (Lipinski definition) is 7. The molecule has 7 nitrogen and oxygen atoms in total. The molecule has 2 saturated heterocycles. The summed E-state index contributed by atoms with van der Waals surface area (Å²) < 4.78 is 7.26. The highest BCUT2D eigenvalue weighted by Gasteiger charge is 2.31. The van der Waals surface area contributed by atoms with Gasteiger partial charge in [0.05, 0.1) is 34.2 Å². The van der Waals surface area contributed by atoms with Crippen molar-refractivity contribution in [2.75, 3.05) is 13.1 Å². The maximum Gasteiger partial charge on any atom is 0.230 e. The number of nitrogens with one attached hydrogen (secondary N) is 1. The molecule has 0 saturated carbocycles. The number of hydrogen-bond donors (Lipinski definition) is 1. The molecular formula is C25H27ClN4O3S. The molecule has 2 aliphatic heterocycles. The predicted octanol–water partition coefficient (Wildman–Crippen LogP) is 4.28. The van der Waals surface area contributed by atoms with Crippen LogP contribution in [0.5, 0.6) is 0 Å². The van der Waals surface area contributed by atoms with Crippen molar-refractivity contribution in [1.29, 1.82) is 0 Å². The number of aromatic nitrogens is 2. The number of benzene rings is 1. The quantitative estimate of drug-likeness (QED) is 0.528. The fourth-order valence-corrected chi connectivity index (χ4v) is 6.17. The van der Waals surface area contributed by atoms with Crippen LogP contribution in [0.4, 0.5) is 0 Å². The molecule has 1 aromatic carbocycles. The van der Waals surface area contributed by atoms with Crippen molar-refractivity contribution < 1.29 is 14.3 Å². The van der Waals surface area contributed by atoms with Gasteiger partial charge in [-0.3, -0.25) is 14.5 Å². The summed E-state index contributed by atoms with van der Waals surface area (Å²) in [6.45, 7) is 8.14. The van der Waals surface area contributed by atoms with Crippen LogP contribution in [0.2, 0.25) is 5.02 Å². The van der Waals surface area contributed by atoms with Crippen LogP contribution in [0.15, 0.2) is 24.5 Å². The van der Waals surface area contributed by atoms with Gasteiger partial charge in [-0.05, 0) is 50.1 Å². The molecule has 178 valence electrons. The van der Waals surface area contributed by atoms with E-state index in [1.807, 2.05) is 18.2 Å². The lowest BCUT2D eigenvalue weighted by Crippen LogP contribution is -2.51. The number of likely N-dealkylation sites (tertiary alicyclic amines) is 1. The number of halogens is 1. The van der Waals surface area contributed by atoms with Crippen LogP contribution < -0.4 is 5.32 Å². The Hall–Kier alpha value is -2.39. The third-order valence-electron chi connectivity index (χ3n) is 6.36. The van der Waals surface area contributed by atoms with Crippen molar-refractivity contribution in [2.45, 2.75) is 58.3 Å². The molecular weight excluding hydrogens is 472 g/mol. The number of ether oxygens (including phenoxy) is 1. The van der Waals surface area contributed by atoms with Gasteiger partial charge in [-0.25, -0.2) is 9.97 Å². The monoisotopic (exact) mass is 498 g/mol. The number of carbonyl (C=O) groups excluding carboxylic acids is 2. The molecule has 4 heterocycles. The summed E-state index contributed by atoms with van der Waals surface area (Å²) in [7, 11) is 0. The van der Waals surface area contributed by atoms with Crippen LogP contribution in [-0.2, 0) is 27.3 Å². The van der Waals surface area contributed by atoms with E-state index in [2.05, 4.69) is 36.1 Å². The standard InChI is InChI=1S/C25H27ClN4O3S/c1-14-6-15(26)7-19(18(14)8-16-10-27-12-25(2,3)33-16)23-24-20(28-13-29-23)9-17(34-24)11-30-21(31)4-5-22(30)32/h6-7,9,13,16,27H,4-5,8,10-12H2,1-3H3/t16-/m0/s1. The van der Waals surface area contributed by atoms with Crippen molar-refractivity contribution >= 4 is 45.0 Å². The first-order valence-electron chi connectivity index (χ1n) is 11.4. The van der Waals surface area contributed by atoms with Gasteiger partial charge in [0.15, 0.2) is 0 Å². The molecule has 2 aromatic heterocycles. The lowest BCUT2D eigenvalue weighted by atomic mass is 9.93. The number of rotatable bonds is 5. The Morgan fingerprint density at radius 3 is 2.71 bits per heavy atom. The van der Waals surface area contributed by atoms with E-state index in [1.54, 1.807) is 6.33 Å². The summed E-state index contributed by atoms with van der Waals surface area (Å²) in [5.74, 6) is -0.240. The van der Waals surface area contributed by atoms with Gasteiger partial charge >= 0.3 is 0 Å². The minimum Gasteiger partial charge on any atom is -0.369 e. The van der Waals surface area contributed by atoms with Gasteiger partial charge in [0.25, 0.3) is 0 Å². The molecule has 2 amide bonds. The van der Waals surface area contributed by atoms with Gasteiger partial charge in [0.1, 0.15) is 6.33 Å². The molecule has 3 aromatic rings. The van der Waals surface area contributed by atoms with E-state index in [-0.39, 0.29) is 42.9 Å². The van der Waals surface area contributed by atoms with Crippen molar-refractivity contribution in [3.8, 4) is 11.3 Å². The zero-order chi connectivity index (χ0) is 24.0. The third kappa shape index (κ3) is 4.60. The topological polar surface area (TPSA) is 84.4 Å². The summed E-state index contributed by atoms with van der Waals surface area (Å²) in [4.78, 5) is 35.5. The highest BCUT2D eigenvalue weighted by molar-refractivity contribution is 7.19. The van der Waals surface area contributed by atoms with Crippen LogP contribution in [0.1, 0.15) is 42.7 Å². The summed E-state index contributed by atoms with van der Waals surface area (Å²) in [5, 5.41) is 4.12. The fraction of sp³-hybridized carbons (Fsp3) is 0.440. The van der Waals surface area contributed by atoms with Crippen molar-refractivity contribution in [3.63, 3.8) is 0 Å². The number of nitrogens with zero attached hydrogens (tertiary/aromatic N) is 3. The molecule has 34 heavy (non-hydrogen) atoms. The van der Waals surface area contributed by atoms with Crippen LogP contribution in [0.25, 0.3) is 21.5 Å². The third-order valence-corrected chi connectivity index (χ3v) is 7.70. The van der Waals surface area contributed by atoms with Crippen LogP contribution in [-0.4, -0.2) is 51.5 Å². The van der Waals surface area contributed by atoms with Crippen LogP contribution in [0.3, 0.4) is 0 Å². The summed E-state index contributed by atoms with van der Waals surface area (Å²) in [6.07, 6.45) is 2.90. The van der Waals surface area contributed by atoms with E-state index < -0.39 is 0 Å². The SMILES string of the molecule is Cc1cc(Cl)cc(-c2ncnc3cc(CN4C(=O)CCC4=O)sc23)c1C[C@H]1CNCC(C)(C)O1. The smallest absolute Gasteiger partial charge is 0.230 e. The molecule has 9 heteroatoms. The van der Waals surface area contributed by atoms with Gasteiger partial charge in [0, 0.05) is 47.8 Å². The first-order chi connectivity index (χ1) is 16.2. The summed E-state index contributed by atoms with van der Waals surface area (Å²) in [5.41, 5.74) is 4.58. The average molecular weight is 499 g/mol. The molecule has 0 radical (unpaired) electrons. The number of morpholine rings is 1. The van der Waals surface area contributed by atoms with Crippen LogP contribution >= 0.6 is 22.9 Å². The fourth-order valence-electron chi connectivity index (χ4n) is 4.79. The maximum absolute atomic E-state index is 12.1. The van der Waals surface area contributed by atoms with Crippen LogP contribution in [0, 0.1) is 6.92 Å². The minimum atomic E-state index is -0.224. The molecule has 1 atom stereocenters. The Morgan fingerprint density at radius 1 is 1.21 bits per heavy atom. The molecule has 0 aliphatic carbocycles. The van der Waals surface area contributed by atoms with Gasteiger partial charge in [-0.2, -0.15) is 0 Å². The van der Waals surface area contributed by atoms with E-state index >= 15 is 0 Å². The Labute approximate surface area is 207 Å². The lowest BCUT2D eigenvalue weighted by molar-refractivity contribution is -0.138. The molecule has 0 bridgehead atoms. The van der Waals surface area contributed by atoms with E-state index in [4.69, 9.17) is 16.3 Å². The highest BCUT2D eigenvalue weighted by Crippen LogP contribution is 2.38. The zero-order valence-electron chi connectivity index (χ0n) is 19.5. The Kier molecular flexibility index (Phi) is 6.18. The van der Waals surface area contributed by atoms with Gasteiger partial charge < -0.3 is 10.1 Å². The maximum atomic E-state index is 12.1. The second kappa shape index (κ2) is 9.00. The highest BCUT2D eigenvalue weighted by atomic mass is 35.5. The van der Waals surface area contributed by atoms with Gasteiger partial charge in [-0.15, -0.1) is 11.3 Å². The number of amides is 2. The molecule has 1 N–H and O–H groups in total. The largest absolute Gasteiger partial charge is 0.369 e. The first-order valence-corrected chi connectivity index (χ1v) is 12.6.